The monoisotopic (exact) mass is 415 g/mol. The molecule has 1 heterocycles. The zero-order valence-corrected chi connectivity index (χ0v) is 16.4. The van der Waals surface area contributed by atoms with E-state index >= 15 is 0 Å². The normalized spacial score (nSPS) is 11.6. The number of anilines is 1. The van der Waals surface area contributed by atoms with Crippen LogP contribution < -0.4 is 10.7 Å². The minimum atomic E-state index is -4.44. The first-order valence-corrected chi connectivity index (χ1v) is 9.10. The molecule has 0 saturated heterocycles. The number of para-hydroxylation sites is 1. The second-order valence-electron chi connectivity index (χ2n) is 6.56. The number of aromatic nitrogens is 2. The van der Waals surface area contributed by atoms with E-state index in [0.29, 0.717) is 0 Å². The van der Waals surface area contributed by atoms with Crippen LogP contribution >= 0.6 is 0 Å². The second kappa shape index (κ2) is 8.81. The molecule has 3 aromatic rings. The van der Waals surface area contributed by atoms with Gasteiger partial charge in [-0.1, -0.05) is 24.3 Å². The molecule has 9 heteroatoms. The largest absolute Gasteiger partial charge is 0.416 e. The highest BCUT2D eigenvalue weighted by molar-refractivity contribution is 5.86. The summed E-state index contributed by atoms with van der Waals surface area (Å²) >= 11 is 0. The lowest BCUT2D eigenvalue weighted by Crippen LogP contribution is -2.26. The number of carbonyl (C=O) groups is 1. The number of hydrazone groups is 1. The van der Waals surface area contributed by atoms with Crippen molar-refractivity contribution in [3.8, 4) is 5.69 Å². The number of carbonyl (C=O) groups excluding carboxylic acids is 1. The predicted octanol–water partition coefficient (Wildman–Crippen LogP) is 4.07. The quantitative estimate of drug-likeness (QED) is 0.471. The second-order valence-corrected chi connectivity index (χ2v) is 6.56. The van der Waals surface area contributed by atoms with Crippen LogP contribution in [-0.4, -0.2) is 28.4 Å². The number of alkyl halides is 3. The summed E-state index contributed by atoms with van der Waals surface area (Å²) in [6, 6.07) is 14.3. The Balaban J connectivity index is 1.60. The number of aryl methyl sites for hydroxylation is 1. The van der Waals surface area contributed by atoms with Gasteiger partial charge in [0.2, 0.25) is 0 Å². The first kappa shape index (κ1) is 21.1. The molecule has 0 aliphatic rings. The molecule has 3 rings (SSSR count). The number of hydrogen-bond acceptors (Lipinski definition) is 4. The van der Waals surface area contributed by atoms with Crippen LogP contribution in [0, 0.1) is 13.8 Å². The summed E-state index contributed by atoms with van der Waals surface area (Å²) in [6.07, 6.45) is -2.94. The predicted molar refractivity (Wildman–Crippen MR) is 109 cm³/mol. The van der Waals surface area contributed by atoms with Gasteiger partial charge in [-0.25, -0.2) is 10.1 Å². The Labute approximate surface area is 171 Å². The molecule has 1 amide bonds. The average Bonchev–Trinajstić information content (AvgIpc) is 3.01. The van der Waals surface area contributed by atoms with Crippen LogP contribution in [0.1, 0.15) is 22.5 Å². The third-order valence-corrected chi connectivity index (χ3v) is 4.37. The topological polar surface area (TPSA) is 71.3 Å². The molecule has 0 bridgehead atoms. The summed E-state index contributed by atoms with van der Waals surface area (Å²) < 4.78 is 40.0. The van der Waals surface area contributed by atoms with Gasteiger partial charge < -0.3 is 5.32 Å². The van der Waals surface area contributed by atoms with Crippen molar-refractivity contribution in [1.29, 1.82) is 0 Å². The lowest BCUT2D eigenvalue weighted by Gasteiger charge is -2.10. The van der Waals surface area contributed by atoms with E-state index in [4.69, 9.17) is 0 Å². The van der Waals surface area contributed by atoms with E-state index in [1.165, 1.54) is 18.3 Å². The van der Waals surface area contributed by atoms with Crippen LogP contribution in [0.5, 0.6) is 0 Å². The number of hydrogen-bond donors (Lipinski definition) is 2. The molecule has 0 spiro atoms. The first-order valence-electron chi connectivity index (χ1n) is 9.10. The smallest absolute Gasteiger partial charge is 0.376 e. The number of nitrogens with zero attached hydrogens (tertiary/aromatic N) is 3. The number of amides is 1. The molecule has 0 saturated carbocycles. The minimum absolute atomic E-state index is 0.194. The molecule has 0 aliphatic carbocycles. The fourth-order valence-corrected chi connectivity index (χ4v) is 2.86. The van der Waals surface area contributed by atoms with Gasteiger partial charge in [-0.3, -0.25) is 4.79 Å². The van der Waals surface area contributed by atoms with E-state index in [1.807, 2.05) is 44.2 Å². The fraction of sp³-hybridized carbons (Fsp3) is 0.190. The van der Waals surface area contributed by atoms with Crippen LogP contribution in [0.2, 0.25) is 0 Å². The van der Waals surface area contributed by atoms with Gasteiger partial charge in [-0.2, -0.15) is 23.4 Å². The molecular weight excluding hydrogens is 395 g/mol. The van der Waals surface area contributed by atoms with Gasteiger partial charge in [0.1, 0.15) is 0 Å². The number of nitrogens with one attached hydrogen (secondary N) is 2. The molecule has 0 unspecified atom stereocenters. The first-order chi connectivity index (χ1) is 14.3. The highest BCUT2D eigenvalue weighted by Crippen LogP contribution is 2.30. The highest BCUT2D eigenvalue weighted by Gasteiger charge is 2.30. The molecule has 0 atom stereocenters. The van der Waals surface area contributed by atoms with Crippen molar-refractivity contribution < 1.29 is 18.0 Å². The van der Waals surface area contributed by atoms with Gasteiger partial charge in [-0.05, 0) is 44.2 Å². The Morgan fingerprint density at radius 1 is 1.13 bits per heavy atom. The molecule has 156 valence electrons. The third kappa shape index (κ3) is 5.05. The molecule has 30 heavy (non-hydrogen) atoms. The van der Waals surface area contributed by atoms with E-state index < -0.39 is 17.6 Å². The number of halogens is 3. The summed E-state index contributed by atoms with van der Waals surface area (Å²) in [6.45, 7) is 3.51. The fourth-order valence-electron chi connectivity index (χ4n) is 2.86. The zero-order valence-electron chi connectivity index (χ0n) is 16.4. The zero-order chi connectivity index (χ0) is 21.7. The summed E-state index contributed by atoms with van der Waals surface area (Å²) in [5, 5.41) is 11.1. The molecule has 1 aromatic heterocycles. The summed E-state index contributed by atoms with van der Waals surface area (Å²) in [4.78, 5) is 12.0. The van der Waals surface area contributed by atoms with Crippen molar-refractivity contribution in [3.05, 3.63) is 77.1 Å². The standard InChI is InChI=1S/C21H20F3N5O/c1-14-19(15(2)29(28-14)18-9-4-3-5-10-18)12-26-27-20(30)13-25-17-8-6-7-16(11-17)21(22,23)24/h3-12,25H,13H2,1-2H3,(H,27,30)/b26-12-. The van der Waals surface area contributed by atoms with E-state index in [2.05, 4.69) is 20.9 Å². The van der Waals surface area contributed by atoms with Crippen molar-refractivity contribution in [1.82, 2.24) is 15.2 Å². The molecule has 6 nitrogen and oxygen atoms in total. The minimum Gasteiger partial charge on any atom is -0.376 e. The van der Waals surface area contributed by atoms with Crippen LogP contribution in [0.15, 0.2) is 59.7 Å². The summed E-state index contributed by atoms with van der Waals surface area (Å²) in [7, 11) is 0. The van der Waals surface area contributed by atoms with Crippen molar-refractivity contribution in [2.24, 2.45) is 5.10 Å². The number of benzene rings is 2. The van der Waals surface area contributed by atoms with Gasteiger partial charge in [0.25, 0.3) is 5.91 Å². The molecule has 2 N–H and O–H groups in total. The lowest BCUT2D eigenvalue weighted by atomic mass is 10.2. The Morgan fingerprint density at radius 2 is 1.87 bits per heavy atom. The maximum atomic E-state index is 12.7. The van der Waals surface area contributed by atoms with E-state index in [0.717, 1.165) is 34.8 Å². The third-order valence-electron chi connectivity index (χ3n) is 4.37. The molecular formula is C21H20F3N5O. The Morgan fingerprint density at radius 3 is 2.57 bits per heavy atom. The lowest BCUT2D eigenvalue weighted by molar-refractivity contribution is -0.137. The maximum Gasteiger partial charge on any atom is 0.416 e. The molecule has 0 aliphatic heterocycles. The van der Waals surface area contributed by atoms with Crippen LogP contribution in [-0.2, 0) is 11.0 Å². The Hall–Kier alpha value is -3.62. The van der Waals surface area contributed by atoms with Gasteiger partial charge in [0, 0.05) is 11.3 Å². The van der Waals surface area contributed by atoms with Gasteiger partial charge in [0.15, 0.2) is 0 Å². The molecule has 0 radical (unpaired) electrons. The summed E-state index contributed by atoms with van der Waals surface area (Å²) in [5.41, 5.74) is 5.05. The van der Waals surface area contributed by atoms with Crippen LogP contribution in [0.4, 0.5) is 18.9 Å². The molecule has 2 aromatic carbocycles. The SMILES string of the molecule is Cc1nn(-c2ccccc2)c(C)c1/C=N\NC(=O)CNc1cccc(C(F)(F)F)c1. The van der Waals surface area contributed by atoms with Gasteiger partial charge >= 0.3 is 6.18 Å². The van der Waals surface area contributed by atoms with Crippen molar-refractivity contribution >= 4 is 17.8 Å². The van der Waals surface area contributed by atoms with Crippen molar-refractivity contribution in [2.45, 2.75) is 20.0 Å². The highest BCUT2D eigenvalue weighted by atomic mass is 19.4. The van der Waals surface area contributed by atoms with Gasteiger partial charge in [-0.15, -0.1) is 0 Å². The summed E-state index contributed by atoms with van der Waals surface area (Å²) in [5.74, 6) is -0.491. The van der Waals surface area contributed by atoms with Crippen molar-refractivity contribution in [3.63, 3.8) is 0 Å². The average molecular weight is 415 g/mol. The van der Waals surface area contributed by atoms with Crippen LogP contribution in [0.25, 0.3) is 5.69 Å². The maximum absolute atomic E-state index is 12.7. The van der Waals surface area contributed by atoms with E-state index in [9.17, 15) is 18.0 Å². The Bertz CT molecular complexity index is 1060. The van der Waals surface area contributed by atoms with Crippen molar-refractivity contribution in [2.75, 3.05) is 11.9 Å². The van der Waals surface area contributed by atoms with Gasteiger partial charge in [0.05, 0.1) is 35.4 Å². The molecule has 0 fully saturated rings. The van der Waals surface area contributed by atoms with E-state index in [-0.39, 0.29) is 12.2 Å². The van der Waals surface area contributed by atoms with Crippen LogP contribution in [0.3, 0.4) is 0 Å². The Kier molecular flexibility index (Phi) is 6.20. The number of rotatable bonds is 6. The van der Waals surface area contributed by atoms with E-state index in [1.54, 1.807) is 4.68 Å².